The van der Waals surface area contributed by atoms with Crippen LogP contribution >= 0.6 is 24.0 Å². The number of benzene rings is 1. The normalized spacial score (nSPS) is 25.4. The highest BCUT2D eigenvalue weighted by molar-refractivity contribution is 7.89. The second-order valence-corrected chi connectivity index (χ2v) is 7.90. The Bertz CT molecular complexity index is 639. The third-order valence-corrected chi connectivity index (χ3v) is 6.54. The van der Waals surface area contributed by atoms with E-state index in [2.05, 4.69) is 5.32 Å². The molecule has 22 heavy (non-hydrogen) atoms. The molecule has 124 valence electrons. The molecule has 2 unspecified atom stereocenters. The van der Waals surface area contributed by atoms with Crippen molar-refractivity contribution in [3.63, 3.8) is 0 Å². The summed E-state index contributed by atoms with van der Waals surface area (Å²) in [6, 6.07) is 5.09. The van der Waals surface area contributed by atoms with Crippen molar-refractivity contribution in [3.05, 3.63) is 23.2 Å². The summed E-state index contributed by atoms with van der Waals surface area (Å²) in [4.78, 5) is 0.234. The van der Waals surface area contributed by atoms with E-state index in [1.54, 1.807) is 16.4 Å². The van der Waals surface area contributed by atoms with E-state index in [4.69, 9.17) is 16.3 Å². The summed E-state index contributed by atoms with van der Waals surface area (Å²) in [5.74, 6) is 0.900. The van der Waals surface area contributed by atoms with Gasteiger partial charge in [0.25, 0.3) is 0 Å². The monoisotopic (exact) mass is 366 g/mol. The van der Waals surface area contributed by atoms with Crippen LogP contribution < -0.4 is 10.1 Å². The largest absolute Gasteiger partial charge is 0.495 e. The number of ether oxygens (including phenoxy) is 1. The molecule has 1 aromatic carbocycles. The van der Waals surface area contributed by atoms with E-state index in [0.29, 0.717) is 35.8 Å². The maximum absolute atomic E-state index is 12.7. The van der Waals surface area contributed by atoms with Gasteiger partial charge in [-0.1, -0.05) is 11.6 Å². The molecule has 0 radical (unpaired) electrons. The third-order valence-electron chi connectivity index (χ3n) is 4.38. The molecule has 2 aliphatic rings. The first-order valence-electron chi connectivity index (χ1n) is 7.09. The first kappa shape index (κ1) is 17.8. The van der Waals surface area contributed by atoms with Crippen LogP contribution in [0.15, 0.2) is 23.1 Å². The number of hydrogen-bond acceptors (Lipinski definition) is 4. The second-order valence-electron chi connectivity index (χ2n) is 5.56. The summed E-state index contributed by atoms with van der Waals surface area (Å²) in [5, 5.41) is 3.75. The highest BCUT2D eigenvalue weighted by Gasteiger charge is 2.37. The van der Waals surface area contributed by atoms with Crippen molar-refractivity contribution < 1.29 is 13.2 Å². The van der Waals surface area contributed by atoms with Gasteiger partial charge in [0.2, 0.25) is 10.0 Å². The van der Waals surface area contributed by atoms with Crippen LogP contribution in [0.1, 0.15) is 12.8 Å². The summed E-state index contributed by atoms with van der Waals surface area (Å²) >= 11 is 6.05. The molecule has 5 nitrogen and oxygen atoms in total. The van der Waals surface area contributed by atoms with Crippen molar-refractivity contribution in [2.24, 2.45) is 5.92 Å². The first-order chi connectivity index (χ1) is 10.0. The fraction of sp³-hybridized carbons (Fsp3) is 0.571. The molecule has 0 spiro atoms. The minimum atomic E-state index is -3.48. The molecular formula is C14H20Cl2N2O3S. The number of sulfonamides is 1. The molecule has 0 saturated carbocycles. The fourth-order valence-corrected chi connectivity index (χ4v) is 5.05. The van der Waals surface area contributed by atoms with Gasteiger partial charge in [-0.15, -0.1) is 12.4 Å². The Kier molecular flexibility index (Phi) is 5.61. The van der Waals surface area contributed by atoms with Crippen LogP contribution in [0.25, 0.3) is 0 Å². The molecular weight excluding hydrogens is 347 g/mol. The highest BCUT2D eigenvalue weighted by Crippen LogP contribution is 2.31. The van der Waals surface area contributed by atoms with Crippen molar-refractivity contribution in [1.29, 1.82) is 0 Å². The van der Waals surface area contributed by atoms with Crippen molar-refractivity contribution in [3.8, 4) is 5.75 Å². The van der Waals surface area contributed by atoms with Crippen molar-refractivity contribution in [2.75, 3.05) is 26.7 Å². The smallest absolute Gasteiger partial charge is 0.243 e. The molecule has 2 heterocycles. The zero-order chi connectivity index (χ0) is 15.0. The van der Waals surface area contributed by atoms with E-state index in [-0.39, 0.29) is 17.3 Å². The van der Waals surface area contributed by atoms with Crippen LogP contribution in [0.2, 0.25) is 5.02 Å². The zero-order valence-electron chi connectivity index (χ0n) is 12.3. The van der Waals surface area contributed by atoms with Gasteiger partial charge in [0, 0.05) is 19.1 Å². The SMILES string of the molecule is COc1ccc(S(=O)(=O)N2CCC3NCCC3C2)cc1Cl.Cl. The lowest BCUT2D eigenvalue weighted by atomic mass is 9.95. The second kappa shape index (κ2) is 6.93. The predicted molar refractivity (Wildman–Crippen MR) is 88.5 cm³/mol. The Morgan fingerprint density at radius 1 is 1.36 bits per heavy atom. The maximum Gasteiger partial charge on any atom is 0.243 e. The van der Waals surface area contributed by atoms with Gasteiger partial charge in [-0.25, -0.2) is 8.42 Å². The Morgan fingerprint density at radius 3 is 2.82 bits per heavy atom. The molecule has 2 aliphatic heterocycles. The minimum Gasteiger partial charge on any atom is -0.495 e. The number of halogens is 2. The molecule has 2 fully saturated rings. The number of piperidine rings is 1. The molecule has 8 heteroatoms. The summed E-state index contributed by atoms with van der Waals surface area (Å²) in [6.07, 6.45) is 1.91. The van der Waals surface area contributed by atoms with Crippen LogP contribution in [0.3, 0.4) is 0 Å². The Hall–Kier alpha value is -0.530. The molecule has 0 aromatic heterocycles. The van der Waals surface area contributed by atoms with Crippen molar-refractivity contribution in [1.82, 2.24) is 9.62 Å². The number of methoxy groups -OCH3 is 1. The first-order valence-corrected chi connectivity index (χ1v) is 8.91. The Morgan fingerprint density at radius 2 is 2.14 bits per heavy atom. The molecule has 2 atom stereocenters. The lowest BCUT2D eigenvalue weighted by Gasteiger charge is -2.34. The molecule has 1 aromatic rings. The lowest BCUT2D eigenvalue weighted by molar-refractivity contribution is 0.247. The summed E-state index contributed by atoms with van der Waals surface area (Å²) in [7, 11) is -1.98. The molecule has 2 saturated heterocycles. The van der Waals surface area contributed by atoms with Gasteiger partial charge < -0.3 is 10.1 Å². The van der Waals surface area contributed by atoms with E-state index in [1.165, 1.54) is 13.2 Å². The van der Waals surface area contributed by atoms with Gasteiger partial charge in [-0.3, -0.25) is 0 Å². The number of hydrogen-bond donors (Lipinski definition) is 1. The van der Waals surface area contributed by atoms with E-state index in [0.717, 1.165) is 19.4 Å². The van der Waals surface area contributed by atoms with Crippen LogP contribution in [-0.2, 0) is 10.0 Å². The third kappa shape index (κ3) is 3.21. The topological polar surface area (TPSA) is 58.6 Å². The Labute approximate surface area is 142 Å². The molecule has 1 N–H and O–H groups in total. The molecule has 3 rings (SSSR count). The van der Waals surface area contributed by atoms with Crippen molar-refractivity contribution in [2.45, 2.75) is 23.8 Å². The Balaban J connectivity index is 0.00000176. The van der Waals surface area contributed by atoms with Gasteiger partial charge in [0.15, 0.2) is 0 Å². The lowest BCUT2D eigenvalue weighted by Crippen LogP contribution is -2.46. The van der Waals surface area contributed by atoms with Crippen LogP contribution in [0.4, 0.5) is 0 Å². The van der Waals surface area contributed by atoms with Gasteiger partial charge in [-0.05, 0) is 43.5 Å². The molecule has 0 aliphatic carbocycles. The van der Waals surface area contributed by atoms with Gasteiger partial charge in [0.1, 0.15) is 5.75 Å². The quantitative estimate of drug-likeness (QED) is 0.890. The van der Waals surface area contributed by atoms with E-state index in [1.807, 2.05) is 0 Å². The summed E-state index contributed by atoms with van der Waals surface area (Å²) < 4.78 is 32.1. The number of fused-ring (bicyclic) bond motifs is 1. The molecule has 0 bridgehead atoms. The van der Waals surface area contributed by atoms with Gasteiger partial charge >= 0.3 is 0 Å². The van der Waals surface area contributed by atoms with Gasteiger partial charge in [-0.2, -0.15) is 4.31 Å². The standard InChI is InChI=1S/C14H19ClN2O3S.ClH/c1-20-14-3-2-11(8-12(14)15)21(18,19)17-7-5-13-10(9-17)4-6-16-13;/h2-3,8,10,13,16H,4-7,9H2,1H3;1H. The van der Waals surface area contributed by atoms with E-state index >= 15 is 0 Å². The van der Waals surface area contributed by atoms with E-state index < -0.39 is 10.0 Å². The number of nitrogens with one attached hydrogen (secondary N) is 1. The van der Waals surface area contributed by atoms with Gasteiger partial charge in [0.05, 0.1) is 17.0 Å². The number of rotatable bonds is 3. The average Bonchev–Trinajstić information content (AvgIpc) is 2.94. The summed E-state index contributed by atoms with van der Waals surface area (Å²) in [5.41, 5.74) is 0. The molecule has 0 amide bonds. The summed E-state index contributed by atoms with van der Waals surface area (Å²) in [6.45, 7) is 2.13. The highest BCUT2D eigenvalue weighted by atomic mass is 35.5. The average molecular weight is 367 g/mol. The zero-order valence-corrected chi connectivity index (χ0v) is 14.7. The van der Waals surface area contributed by atoms with E-state index in [9.17, 15) is 8.42 Å². The number of nitrogens with zero attached hydrogens (tertiary/aromatic N) is 1. The predicted octanol–water partition coefficient (Wildman–Crippen LogP) is 2.14. The van der Waals surface area contributed by atoms with Crippen LogP contribution in [0.5, 0.6) is 5.75 Å². The van der Waals surface area contributed by atoms with Crippen LogP contribution in [0, 0.1) is 5.92 Å². The fourth-order valence-electron chi connectivity index (χ4n) is 3.19. The minimum absolute atomic E-state index is 0. The van der Waals surface area contributed by atoms with Crippen molar-refractivity contribution >= 4 is 34.0 Å². The maximum atomic E-state index is 12.7. The van der Waals surface area contributed by atoms with Crippen LogP contribution in [-0.4, -0.2) is 45.5 Å².